The average molecular weight is 330 g/mol. The highest BCUT2D eigenvalue weighted by atomic mass is 35.5. The molecule has 0 unspecified atom stereocenters. The Morgan fingerprint density at radius 3 is 2.62 bits per heavy atom. The van der Waals surface area contributed by atoms with Crippen LogP contribution in [0.25, 0.3) is 5.69 Å². The average Bonchev–Trinajstić information content (AvgIpc) is 2.66. The van der Waals surface area contributed by atoms with Crippen molar-refractivity contribution < 1.29 is 4.74 Å². The number of rotatable bonds is 5. The molecule has 2 rings (SSSR count). The monoisotopic (exact) mass is 329 g/mol. The molecular formula is C14H17Cl2N3O2. The van der Waals surface area contributed by atoms with E-state index in [0.717, 1.165) is 6.42 Å². The smallest absolute Gasteiger partial charge is 0.294 e. The zero-order valence-corrected chi connectivity index (χ0v) is 13.4. The summed E-state index contributed by atoms with van der Waals surface area (Å²) < 4.78 is 8.42. The number of nitrogens with zero attached hydrogens (tertiary/aromatic N) is 2. The molecule has 5 nitrogen and oxygen atoms in total. The van der Waals surface area contributed by atoms with Crippen LogP contribution in [0.1, 0.15) is 19.0 Å². The molecule has 1 aromatic carbocycles. The van der Waals surface area contributed by atoms with Gasteiger partial charge in [-0.1, -0.05) is 30.1 Å². The maximum Gasteiger partial charge on any atom is 0.294 e. The van der Waals surface area contributed by atoms with Crippen LogP contribution < -0.4 is 11.3 Å². The summed E-state index contributed by atoms with van der Waals surface area (Å²) in [6.45, 7) is 2.91. The van der Waals surface area contributed by atoms with Crippen molar-refractivity contribution in [3.63, 3.8) is 0 Å². The molecule has 0 amide bonds. The van der Waals surface area contributed by atoms with Gasteiger partial charge in [0, 0.05) is 18.7 Å². The molecule has 0 aliphatic heterocycles. The number of anilines is 1. The Kier molecular flexibility index (Phi) is 4.98. The van der Waals surface area contributed by atoms with E-state index in [0.29, 0.717) is 28.0 Å². The van der Waals surface area contributed by atoms with Crippen LogP contribution in [0.15, 0.2) is 23.0 Å². The van der Waals surface area contributed by atoms with Crippen molar-refractivity contribution in [1.82, 2.24) is 9.36 Å². The fourth-order valence-electron chi connectivity index (χ4n) is 2.24. The molecule has 0 aliphatic rings. The molecule has 0 aliphatic carbocycles. The van der Waals surface area contributed by atoms with E-state index in [-0.39, 0.29) is 17.9 Å². The normalized spacial score (nSPS) is 11.0. The van der Waals surface area contributed by atoms with Crippen molar-refractivity contribution in [2.45, 2.75) is 26.5 Å². The van der Waals surface area contributed by atoms with Gasteiger partial charge in [-0.15, -0.1) is 0 Å². The molecule has 0 atom stereocenters. The largest absolute Gasteiger partial charge is 0.393 e. The summed E-state index contributed by atoms with van der Waals surface area (Å²) >= 11 is 12.1. The molecule has 21 heavy (non-hydrogen) atoms. The van der Waals surface area contributed by atoms with Crippen LogP contribution in [0, 0.1) is 0 Å². The highest BCUT2D eigenvalue weighted by molar-refractivity contribution is 6.35. The molecule has 2 N–H and O–H groups in total. The summed E-state index contributed by atoms with van der Waals surface area (Å²) in [5, 5.41) is 0.902. The minimum absolute atomic E-state index is 0.177. The van der Waals surface area contributed by atoms with Gasteiger partial charge in [-0.3, -0.25) is 9.48 Å². The van der Waals surface area contributed by atoms with E-state index in [4.69, 9.17) is 33.7 Å². The van der Waals surface area contributed by atoms with Crippen molar-refractivity contribution in [1.29, 1.82) is 0 Å². The van der Waals surface area contributed by atoms with Crippen LogP contribution in [0.3, 0.4) is 0 Å². The van der Waals surface area contributed by atoms with E-state index in [1.54, 1.807) is 30.0 Å². The lowest BCUT2D eigenvalue weighted by molar-refractivity contribution is 0.176. The first-order chi connectivity index (χ1) is 10.0. The van der Waals surface area contributed by atoms with Crippen molar-refractivity contribution in [3.8, 4) is 5.69 Å². The summed E-state index contributed by atoms with van der Waals surface area (Å²) in [5.41, 5.74) is 7.00. The van der Waals surface area contributed by atoms with Crippen LogP contribution in [0.5, 0.6) is 0 Å². The van der Waals surface area contributed by atoms with Crippen molar-refractivity contribution in [3.05, 3.63) is 44.3 Å². The first-order valence-electron chi connectivity index (χ1n) is 6.55. The standard InChI is InChI=1S/C14H17Cl2N3O2/c1-3-6-18-12(8-21-2)13(17)14(20)19(18)11-5-4-9(15)7-10(11)16/h4-5,7H,3,6,8,17H2,1-2H3. The number of nitrogens with two attached hydrogens (primary N) is 1. The zero-order chi connectivity index (χ0) is 15.6. The molecular weight excluding hydrogens is 313 g/mol. The second-order valence-electron chi connectivity index (χ2n) is 4.63. The summed E-state index contributed by atoms with van der Waals surface area (Å²) in [5.74, 6) is 0. The minimum atomic E-state index is -0.306. The molecule has 1 aromatic heterocycles. The van der Waals surface area contributed by atoms with Crippen LogP contribution in [-0.4, -0.2) is 16.5 Å². The number of ether oxygens (including phenoxy) is 1. The van der Waals surface area contributed by atoms with Crippen LogP contribution in [0.4, 0.5) is 5.69 Å². The molecule has 0 spiro atoms. The first kappa shape index (κ1) is 15.9. The third-order valence-electron chi connectivity index (χ3n) is 3.14. The molecule has 0 bridgehead atoms. The Balaban J connectivity index is 2.72. The maximum absolute atomic E-state index is 12.5. The number of hydrogen-bond donors (Lipinski definition) is 1. The molecule has 0 saturated carbocycles. The van der Waals surface area contributed by atoms with Gasteiger partial charge in [0.05, 0.1) is 23.0 Å². The van der Waals surface area contributed by atoms with E-state index in [9.17, 15) is 4.79 Å². The Hall–Kier alpha value is -1.43. The van der Waals surface area contributed by atoms with Gasteiger partial charge in [0.2, 0.25) is 0 Å². The Morgan fingerprint density at radius 1 is 1.33 bits per heavy atom. The Morgan fingerprint density at radius 2 is 2.05 bits per heavy atom. The van der Waals surface area contributed by atoms with Gasteiger partial charge in [-0.25, -0.2) is 4.68 Å². The molecule has 1 heterocycles. The van der Waals surface area contributed by atoms with Gasteiger partial charge in [0.15, 0.2) is 0 Å². The van der Waals surface area contributed by atoms with E-state index in [1.807, 2.05) is 6.92 Å². The van der Waals surface area contributed by atoms with Crippen LogP contribution >= 0.6 is 23.2 Å². The number of halogens is 2. The Labute approximate surface area is 132 Å². The number of nitrogen functional groups attached to an aromatic ring is 1. The van der Waals surface area contributed by atoms with E-state index >= 15 is 0 Å². The number of hydrogen-bond acceptors (Lipinski definition) is 3. The quantitative estimate of drug-likeness (QED) is 0.916. The highest BCUT2D eigenvalue weighted by Gasteiger charge is 2.19. The first-order valence-corrected chi connectivity index (χ1v) is 7.31. The molecule has 0 radical (unpaired) electrons. The van der Waals surface area contributed by atoms with Crippen molar-refractivity contribution in [2.24, 2.45) is 0 Å². The zero-order valence-electron chi connectivity index (χ0n) is 11.9. The Bertz CT molecular complexity index is 707. The van der Waals surface area contributed by atoms with Gasteiger partial charge in [-0.05, 0) is 24.6 Å². The van der Waals surface area contributed by atoms with Gasteiger partial charge < -0.3 is 10.5 Å². The highest BCUT2D eigenvalue weighted by Crippen LogP contribution is 2.25. The maximum atomic E-state index is 12.5. The number of benzene rings is 1. The lowest BCUT2D eigenvalue weighted by Gasteiger charge is -2.15. The predicted molar refractivity (Wildman–Crippen MR) is 85.5 cm³/mol. The van der Waals surface area contributed by atoms with Crippen LogP contribution in [0.2, 0.25) is 10.0 Å². The third kappa shape index (κ3) is 2.95. The second-order valence-corrected chi connectivity index (χ2v) is 5.47. The SMILES string of the molecule is CCCn1c(COC)c(N)c(=O)n1-c1ccc(Cl)cc1Cl. The van der Waals surface area contributed by atoms with Crippen LogP contribution in [-0.2, 0) is 17.9 Å². The van der Waals surface area contributed by atoms with E-state index in [2.05, 4.69) is 0 Å². The van der Waals surface area contributed by atoms with Gasteiger partial charge >= 0.3 is 0 Å². The second kappa shape index (κ2) is 6.56. The molecule has 114 valence electrons. The summed E-state index contributed by atoms with van der Waals surface area (Å²) in [4.78, 5) is 12.5. The summed E-state index contributed by atoms with van der Waals surface area (Å²) in [6.07, 6.45) is 0.843. The number of aromatic nitrogens is 2. The van der Waals surface area contributed by atoms with Gasteiger partial charge in [0.1, 0.15) is 5.69 Å². The van der Waals surface area contributed by atoms with Gasteiger partial charge in [-0.2, -0.15) is 0 Å². The molecule has 7 heteroatoms. The topological polar surface area (TPSA) is 62.2 Å². The van der Waals surface area contributed by atoms with E-state index in [1.165, 1.54) is 4.68 Å². The van der Waals surface area contributed by atoms with Crippen molar-refractivity contribution >= 4 is 28.9 Å². The summed E-state index contributed by atoms with van der Waals surface area (Å²) in [6, 6.07) is 4.99. The molecule has 0 saturated heterocycles. The predicted octanol–water partition coefficient (Wildman–Crippen LogP) is 3.08. The molecule has 0 fully saturated rings. The third-order valence-corrected chi connectivity index (χ3v) is 3.68. The lowest BCUT2D eigenvalue weighted by atomic mass is 10.3. The molecule has 2 aromatic rings. The fourth-order valence-corrected chi connectivity index (χ4v) is 2.72. The number of methoxy groups -OCH3 is 1. The minimum Gasteiger partial charge on any atom is -0.393 e. The lowest BCUT2D eigenvalue weighted by Crippen LogP contribution is -2.23. The van der Waals surface area contributed by atoms with E-state index < -0.39 is 0 Å². The van der Waals surface area contributed by atoms with Crippen molar-refractivity contribution in [2.75, 3.05) is 12.8 Å². The fraction of sp³-hybridized carbons (Fsp3) is 0.357. The summed E-state index contributed by atoms with van der Waals surface area (Å²) in [7, 11) is 1.56. The van der Waals surface area contributed by atoms with Gasteiger partial charge in [0.25, 0.3) is 5.56 Å².